The molecule has 0 fully saturated rings. The normalized spacial score (nSPS) is 10.1. The van der Waals surface area contributed by atoms with E-state index in [0.29, 0.717) is 30.5 Å². The Morgan fingerprint density at radius 2 is 1.78 bits per heavy atom. The molecule has 0 atom stereocenters. The number of esters is 1. The van der Waals surface area contributed by atoms with Gasteiger partial charge in [-0.3, -0.25) is 0 Å². The van der Waals surface area contributed by atoms with Gasteiger partial charge in [0.05, 0.1) is 19.8 Å². The zero-order valence-corrected chi connectivity index (χ0v) is 15.4. The molecule has 27 heavy (non-hydrogen) atoms. The number of nitrogens with one attached hydrogen (secondary N) is 1. The Kier molecular flexibility index (Phi) is 7.49. The minimum Gasteiger partial charge on any atom is -0.490 e. The fourth-order valence-electron chi connectivity index (χ4n) is 2.43. The molecule has 2 aromatic carbocycles. The van der Waals surface area contributed by atoms with Gasteiger partial charge < -0.3 is 24.3 Å². The van der Waals surface area contributed by atoms with Gasteiger partial charge >= 0.3 is 12.1 Å². The summed E-state index contributed by atoms with van der Waals surface area (Å²) in [7, 11) is 0. The van der Waals surface area contributed by atoms with Gasteiger partial charge in [-0.15, -0.1) is 0 Å². The van der Waals surface area contributed by atoms with E-state index in [9.17, 15) is 9.59 Å². The molecule has 2 aromatic rings. The van der Waals surface area contributed by atoms with Gasteiger partial charge in [0.2, 0.25) is 0 Å². The molecule has 0 spiro atoms. The first-order chi connectivity index (χ1) is 13.1. The standard InChI is InChI=1S/C20H23NO6/c1-4-18(22)26-12-11-21-20(23)27-16-13-17(24-5-2)19(25-6-3)15-10-8-7-9-14(15)16/h4,7-10,13H,1,5-6,11-12H2,2-3H3,(H,21,23). The summed E-state index contributed by atoms with van der Waals surface area (Å²) in [6.07, 6.45) is 0.390. The van der Waals surface area contributed by atoms with Crippen LogP contribution in [0.4, 0.5) is 4.79 Å². The van der Waals surface area contributed by atoms with Crippen molar-refractivity contribution in [2.45, 2.75) is 13.8 Å². The molecule has 144 valence electrons. The first-order valence-electron chi connectivity index (χ1n) is 8.66. The number of benzene rings is 2. The highest BCUT2D eigenvalue weighted by molar-refractivity contribution is 5.96. The Morgan fingerprint density at radius 3 is 2.44 bits per heavy atom. The molecule has 7 nitrogen and oxygen atoms in total. The lowest BCUT2D eigenvalue weighted by atomic mass is 10.1. The third kappa shape index (κ3) is 5.37. The molecule has 0 aliphatic heterocycles. The van der Waals surface area contributed by atoms with Crippen LogP contribution in [-0.2, 0) is 9.53 Å². The lowest BCUT2D eigenvalue weighted by molar-refractivity contribution is -0.137. The van der Waals surface area contributed by atoms with Gasteiger partial charge in [0.25, 0.3) is 0 Å². The predicted octanol–water partition coefficient (Wildman–Crippen LogP) is 3.45. The van der Waals surface area contributed by atoms with Crippen molar-refractivity contribution in [3.8, 4) is 17.2 Å². The Morgan fingerprint density at radius 1 is 1.07 bits per heavy atom. The van der Waals surface area contributed by atoms with E-state index >= 15 is 0 Å². The molecule has 0 heterocycles. The Bertz CT molecular complexity index is 817. The fourth-order valence-corrected chi connectivity index (χ4v) is 2.43. The molecule has 0 aromatic heterocycles. The van der Waals surface area contributed by atoms with Crippen molar-refractivity contribution in [1.29, 1.82) is 0 Å². The molecule has 0 saturated carbocycles. The topological polar surface area (TPSA) is 83.1 Å². The lowest BCUT2D eigenvalue weighted by Crippen LogP contribution is -2.30. The van der Waals surface area contributed by atoms with Gasteiger partial charge in [-0.1, -0.05) is 30.8 Å². The van der Waals surface area contributed by atoms with Crippen LogP contribution in [-0.4, -0.2) is 38.4 Å². The first-order valence-corrected chi connectivity index (χ1v) is 8.66. The van der Waals surface area contributed by atoms with E-state index in [-0.39, 0.29) is 13.2 Å². The van der Waals surface area contributed by atoms with E-state index in [0.717, 1.165) is 16.8 Å². The SMILES string of the molecule is C=CC(=O)OCCNC(=O)Oc1cc(OCC)c(OCC)c2ccccc12. The van der Waals surface area contributed by atoms with Crippen molar-refractivity contribution in [2.75, 3.05) is 26.4 Å². The largest absolute Gasteiger partial charge is 0.490 e. The zero-order chi connectivity index (χ0) is 19.6. The smallest absolute Gasteiger partial charge is 0.412 e. The Labute approximate surface area is 157 Å². The van der Waals surface area contributed by atoms with Crippen LogP contribution in [0.2, 0.25) is 0 Å². The first kappa shape index (κ1) is 20.1. The van der Waals surface area contributed by atoms with Crippen LogP contribution >= 0.6 is 0 Å². The molecule has 0 unspecified atom stereocenters. The van der Waals surface area contributed by atoms with Crippen LogP contribution < -0.4 is 19.5 Å². The highest BCUT2D eigenvalue weighted by Gasteiger charge is 2.17. The molecule has 7 heteroatoms. The number of carbonyl (C=O) groups excluding carboxylic acids is 2. The summed E-state index contributed by atoms with van der Waals surface area (Å²) in [5, 5.41) is 4.03. The zero-order valence-electron chi connectivity index (χ0n) is 15.4. The highest BCUT2D eigenvalue weighted by atomic mass is 16.6. The van der Waals surface area contributed by atoms with Gasteiger partial charge in [0.15, 0.2) is 11.5 Å². The molecule has 0 bridgehead atoms. The van der Waals surface area contributed by atoms with Gasteiger partial charge in [0.1, 0.15) is 12.4 Å². The summed E-state index contributed by atoms with van der Waals surface area (Å²) in [6, 6.07) is 9.06. The number of carbonyl (C=O) groups is 2. The summed E-state index contributed by atoms with van der Waals surface area (Å²) in [5.74, 6) is 0.905. The van der Waals surface area contributed by atoms with E-state index in [4.69, 9.17) is 18.9 Å². The van der Waals surface area contributed by atoms with Gasteiger partial charge in [-0.25, -0.2) is 9.59 Å². The molecular weight excluding hydrogens is 350 g/mol. The van der Waals surface area contributed by atoms with Gasteiger partial charge in [-0.2, -0.15) is 0 Å². The predicted molar refractivity (Wildman–Crippen MR) is 101 cm³/mol. The third-order valence-corrected chi connectivity index (χ3v) is 3.50. The maximum absolute atomic E-state index is 12.1. The molecular formula is C20H23NO6. The summed E-state index contributed by atoms with van der Waals surface area (Å²) >= 11 is 0. The second-order valence-corrected chi connectivity index (χ2v) is 5.30. The van der Waals surface area contributed by atoms with E-state index in [2.05, 4.69) is 11.9 Å². The van der Waals surface area contributed by atoms with Crippen LogP contribution in [0.25, 0.3) is 10.8 Å². The number of fused-ring (bicyclic) bond motifs is 1. The van der Waals surface area contributed by atoms with E-state index in [1.165, 1.54) is 0 Å². The third-order valence-electron chi connectivity index (χ3n) is 3.50. The minimum absolute atomic E-state index is 0.0220. The molecule has 0 aliphatic carbocycles. The fraction of sp³-hybridized carbons (Fsp3) is 0.300. The van der Waals surface area contributed by atoms with Crippen LogP contribution in [0.1, 0.15) is 13.8 Å². The van der Waals surface area contributed by atoms with Crippen LogP contribution in [0, 0.1) is 0 Å². The number of hydrogen-bond acceptors (Lipinski definition) is 6. The van der Waals surface area contributed by atoms with Gasteiger partial charge in [0, 0.05) is 22.9 Å². The summed E-state index contributed by atoms with van der Waals surface area (Å²) in [6.45, 7) is 8.11. The number of amides is 1. The summed E-state index contributed by atoms with van der Waals surface area (Å²) in [4.78, 5) is 23.1. The maximum atomic E-state index is 12.1. The van der Waals surface area contributed by atoms with Crippen molar-refractivity contribution < 1.29 is 28.5 Å². The second-order valence-electron chi connectivity index (χ2n) is 5.30. The molecule has 0 saturated heterocycles. The Balaban J connectivity index is 2.19. The molecule has 2 rings (SSSR count). The molecule has 1 N–H and O–H groups in total. The van der Waals surface area contributed by atoms with Crippen molar-refractivity contribution in [1.82, 2.24) is 5.32 Å². The Hall–Kier alpha value is -3.22. The average Bonchev–Trinajstić information content (AvgIpc) is 2.68. The van der Waals surface area contributed by atoms with E-state index < -0.39 is 12.1 Å². The quantitative estimate of drug-likeness (QED) is 0.412. The minimum atomic E-state index is -0.665. The van der Waals surface area contributed by atoms with E-state index in [1.807, 2.05) is 38.1 Å². The van der Waals surface area contributed by atoms with Gasteiger partial charge in [-0.05, 0) is 13.8 Å². The molecule has 1 amide bonds. The van der Waals surface area contributed by atoms with Crippen molar-refractivity contribution in [3.05, 3.63) is 43.0 Å². The monoisotopic (exact) mass is 373 g/mol. The van der Waals surface area contributed by atoms with Crippen LogP contribution in [0.5, 0.6) is 17.2 Å². The summed E-state index contributed by atoms with van der Waals surface area (Å²) < 4.78 is 21.6. The summed E-state index contributed by atoms with van der Waals surface area (Å²) in [5.41, 5.74) is 0. The second kappa shape index (κ2) is 10.1. The maximum Gasteiger partial charge on any atom is 0.412 e. The van der Waals surface area contributed by atoms with Crippen LogP contribution in [0.15, 0.2) is 43.0 Å². The van der Waals surface area contributed by atoms with Crippen LogP contribution in [0.3, 0.4) is 0 Å². The van der Waals surface area contributed by atoms with Crippen molar-refractivity contribution in [3.63, 3.8) is 0 Å². The van der Waals surface area contributed by atoms with E-state index in [1.54, 1.807) is 6.07 Å². The van der Waals surface area contributed by atoms with Crippen molar-refractivity contribution in [2.24, 2.45) is 0 Å². The van der Waals surface area contributed by atoms with Crippen molar-refractivity contribution >= 4 is 22.8 Å². The molecule has 0 radical (unpaired) electrons. The molecule has 0 aliphatic rings. The number of hydrogen-bond donors (Lipinski definition) is 1. The highest BCUT2D eigenvalue weighted by Crippen LogP contribution is 2.41. The number of ether oxygens (including phenoxy) is 4. The number of rotatable bonds is 9. The lowest BCUT2D eigenvalue weighted by Gasteiger charge is -2.16. The average molecular weight is 373 g/mol.